The lowest BCUT2D eigenvalue weighted by Crippen LogP contribution is -2.41. The highest BCUT2D eigenvalue weighted by Crippen LogP contribution is 2.57. The summed E-state index contributed by atoms with van der Waals surface area (Å²) in [6.07, 6.45) is 0.914. The van der Waals surface area contributed by atoms with E-state index in [4.69, 9.17) is 27.7 Å². The predicted molar refractivity (Wildman–Crippen MR) is 60.5 cm³/mol. The van der Waals surface area contributed by atoms with Gasteiger partial charge in [-0.15, -0.1) is 23.2 Å². The van der Waals surface area contributed by atoms with Gasteiger partial charge in [-0.1, -0.05) is 0 Å². The third kappa shape index (κ3) is 3.46. The van der Waals surface area contributed by atoms with Crippen LogP contribution < -0.4 is 5.09 Å². The van der Waals surface area contributed by atoms with Crippen molar-refractivity contribution in [2.24, 2.45) is 0 Å². The van der Waals surface area contributed by atoms with Crippen molar-refractivity contribution in [1.29, 1.82) is 0 Å². The maximum Gasteiger partial charge on any atom is 0.245 e. The highest BCUT2D eigenvalue weighted by atomic mass is 35.5. The minimum Gasteiger partial charge on any atom is -0.333 e. The second-order valence-corrected chi connectivity index (χ2v) is 6.32. The summed E-state index contributed by atoms with van der Waals surface area (Å²) in [6.45, 7) is 3.74. The SMILES string of the molecule is CC(Cl)N[P]1(O)OCCCN1CCCl. The lowest BCUT2D eigenvalue weighted by Gasteiger charge is -2.43. The summed E-state index contributed by atoms with van der Waals surface area (Å²) in [5, 5.41) is 2.87. The monoisotopic (exact) mass is 261 g/mol. The first-order valence-corrected chi connectivity index (χ1v) is 7.16. The van der Waals surface area contributed by atoms with E-state index in [0.717, 1.165) is 13.0 Å². The zero-order valence-electron chi connectivity index (χ0n) is 8.12. The van der Waals surface area contributed by atoms with Crippen molar-refractivity contribution in [3.05, 3.63) is 0 Å². The quantitative estimate of drug-likeness (QED) is 0.460. The van der Waals surface area contributed by atoms with Crippen LogP contribution in [-0.4, -0.2) is 40.6 Å². The smallest absolute Gasteiger partial charge is 0.245 e. The van der Waals surface area contributed by atoms with Crippen LogP contribution in [0.3, 0.4) is 0 Å². The number of halogens is 2. The highest BCUT2D eigenvalue weighted by Gasteiger charge is 2.37. The molecule has 4 nitrogen and oxygen atoms in total. The molecule has 2 unspecified atom stereocenters. The van der Waals surface area contributed by atoms with E-state index in [1.807, 2.05) is 4.67 Å². The fourth-order valence-electron chi connectivity index (χ4n) is 1.35. The molecule has 0 aromatic rings. The van der Waals surface area contributed by atoms with Crippen LogP contribution in [0.4, 0.5) is 0 Å². The van der Waals surface area contributed by atoms with E-state index in [-0.39, 0.29) is 5.50 Å². The molecule has 1 heterocycles. The standard InChI is InChI=1S/C7H16Cl2N2O2P/c1-7(9)10-14(12)11(5-3-8)4-2-6-13-14/h7,10,12H,2-6H2,1H3. The van der Waals surface area contributed by atoms with E-state index >= 15 is 0 Å². The number of hydrogen-bond acceptors (Lipinski definition) is 4. The maximum absolute atomic E-state index is 10.2. The van der Waals surface area contributed by atoms with Crippen LogP contribution in [0.2, 0.25) is 0 Å². The summed E-state index contributed by atoms with van der Waals surface area (Å²) in [4.78, 5) is 10.2. The van der Waals surface area contributed by atoms with Crippen LogP contribution in [0, 0.1) is 0 Å². The number of nitrogens with zero attached hydrogens (tertiary/aromatic N) is 1. The van der Waals surface area contributed by atoms with Crippen LogP contribution in [0.1, 0.15) is 13.3 Å². The molecule has 0 aliphatic carbocycles. The van der Waals surface area contributed by atoms with Gasteiger partial charge in [-0.25, -0.2) is 9.76 Å². The van der Waals surface area contributed by atoms with Gasteiger partial charge in [-0.3, -0.25) is 0 Å². The zero-order valence-corrected chi connectivity index (χ0v) is 10.5. The number of hydrogen-bond donors (Lipinski definition) is 2. The molecular formula is C7H16Cl2N2O2P. The van der Waals surface area contributed by atoms with E-state index in [0.29, 0.717) is 19.0 Å². The molecule has 0 aromatic heterocycles. The Morgan fingerprint density at radius 3 is 3.00 bits per heavy atom. The average molecular weight is 262 g/mol. The van der Waals surface area contributed by atoms with Gasteiger partial charge >= 0.3 is 0 Å². The molecule has 2 atom stereocenters. The van der Waals surface area contributed by atoms with Crippen molar-refractivity contribution < 1.29 is 9.42 Å². The van der Waals surface area contributed by atoms with Crippen molar-refractivity contribution in [1.82, 2.24) is 9.76 Å². The van der Waals surface area contributed by atoms with Crippen LogP contribution in [0.25, 0.3) is 0 Å². The van der Waals surface area contributed by atoms with Gasteiger partial charge < -0.3 is 9.42 Å². The lowest BCUT2D eigenvalue weighted by molar-refractivity contribution is 0.177. The summed E-state index contributed by atoms with van der Waals surface area (Å²) >= 11 is 11.4. The van der Waals surface area contributed by atoms with Crippen LogP contribution in [0.5, 0.6) is 0 Å². The molecule has 14 heavy (non-hydrogen) atoms. The van der Waals surface area contributed by atoms with Gasteiger partial charge in [0.15, 0.2) is 0 Å². The molecular weight excluding hydrogens is 246 g/mol. The molecule has 2 N–H and O–H groups in total. The Labute approximate surface area is 95.1 Å². The summed E-state index contributed by atoms with van der Waals surface area (Å²) in [5.74, 6) is 0.476. The maximum atomic E-state index is 10.2. The first-order chi connectivity index (χ1) is 6.58. The van der Waals surface area contributed by atoms with Crippen molar-refractivity contribution >= 4 is 31.2 Å². The molecule has 0 aromatic carbocycles. The largest absolute Gasteiger partial charge is 0.333 e. The molecule has 0 saturated carbocycles. The normalized spacial score (nSPS) is 31.7. The second-order valence-electron chi connectivity index (χ2n) is 3.12. The molecule has 1 radical (unpaired) electrons. The van der Waals surface area contributed by atoms with Gasteiger partial charge in [-0.2, -0.15) is 0 Å². The van der Waals surface area contributed by atoms with Gasteiger partial charge in [-0.05, 0) is 13.3 Å². The molecule has 85 valence electrons. The molecule has 1 fully saturated rings. The summed E-state index contributed by atoms with van der Waals surface area (Å²) in [7, 11) is -2.68. The van der Waals surface area contributed by atoms with Crippen LogP contribution in [-0.2, 0) is 4.52 Å². The van der Waals surface area contributed by atoms with Crippen molar-refractivity contribution in [3.8, 4) is 0 Å². The Balaban J connectivity index is 2.59. The predicted octanol–water partition coefficient (Wildman–Crippen LogP) is 1.79. The summed E-state index contributed by atoms with van der Waals surface area (Å²) in [5.41, 5.74) is -0.316. The fraction of sp³-hybridized carbons (Fsp3) is 1.00. The highest BCUT2D eigenvalue weighted by molar-refractivity contribution is 7.61. The van der Waals surface area contributed by atoms with Crippen molar-refractivity contribution in [2.75, 3.05) is 25.6 Å². The Hall–Kier alpha value is 0.850. The minimum absolute atomic E-state index is 0.316. The van der Waals surface area contributed by atoms with Gasteiger partial charge in [0.25, 0.3) is 0 Å². The molecule has 0 amide bonds. The summed E-state index contributed by atoms with van der Waals surface area (Å²) in [6, 6.07) is 0. The Morgan fingerprint density at radius 2 is 2.43 bits per heavy atom. The van der Waals surface area contributed by atoms with E-state index in [1.54, 1.807) is 6.92 Å². The second kappa shape index (κ2) is 5.80. The van der Waals surface area contributed by atoms with E-state index in [9.17, 15) is 4.89 Å². The number of nitrogens with one attached hydrogen (secondary N) is 1. The number of rotatable bonds is 4. The van der Waals surface area contributed by atoms with Crippen molar-refractivity contribution in [3.63, 3.8) is 0 Å². The molecule has 1 aliphatic heterocycles. The number of alkyl halides is 2. The van der Waals surface area contributed by atoms with E-state index in [1.165, 1.54) is 0 Å². The summed E-state index contributed by atoms with van der Waals surface area (Å²) < 4.78 is 7.23. The Morgan fingerprint density at radius 1 is 1.71 bits per heavy atom. The molecule has 1 saturated heterocycles. The average Bonchev–Trinajstić information content (AvgIpc) is 2.08. The molecule has 1 rings (SSSR count). The fourth-order valence-corrected chi connectivity index (χ4v) is 4.09. The van der Waals surface area contributed by atoms with Gasteiger partial charge in [0, 0.05) is 19.0 Å². The van der Waals surface area contributed by atoms with Gasteiger partial charge in [0.1, 0.15) is 0 Å². The first-order valence-electron chi connectivity index (χ1n) is 4.58. The zero-order chi connectivity index (χ0) is 10.6. The molecule has 7 heteroatoms. The van der Waals surface area contributed by atoms with E-state index < -0.39 is 8.02 Å². The first kappa shape index (κ1) is 12.9. The lowest BCUT2D eigenvalue weighted by atomic mass is 10.4. The molecule has 0 spiro atoms. The molecule has 0 bridgehead atoms. The Bertz CT molecular complexity index is 185. The topological polar surface area (TPSA) is 44.7 Å². The molecule has 1 aliphatic rings. The third-order valence-corrected chi connectivity index (χ3v) is 4.77. The van der Waals surface area contributed by atoms with Crippen LogP contribution in [0.15, 0.2) is 0 Å². The van der Waals surface area contributed by atoms with Crippen LogP contribution >= 0.6 is 31.2 Å². The van der Waals surface area contributed by atoms with Crippen molar-refractivity contribution in [2.45, 2.75) is 18.8 Å². The third-order valence-electron chi connectivity index (χ3n) is 1.90. The van der Waals surface area contributed by atoms with E-state index in [2.05, 4.69) is 5.09 Å². The van der Waals surface area contributed by atoms with Gasteiger partial charge in [0.05, 0.1) is 12.1 Å². The minimum atomic E-state index is -2.68. The van der Waals surface area contributed by atoms with Gasteiger partial charge in [0.2, 0.25) is 8.02 Å². The Kier molecular flexibility index (Phi) is 5.36.